The number of thiazole rings is 1. The lowest BCUT2D eigenvalue weighted by molar-refractivity contribution is -0.138. The number of benzene rings is 4. The molecule has 0 aliphatic carbocycles. The Hall–Kier alpha value is -4.79. The predicted octanol–water partition coefficient (Wildman–Crippen LogP) is 6.31. The zero-order chi connectivity index (χ0) is 30.6. The van der Waals surface area contributed by atoms with Gasteiger partial charge in [0.25, 0.3) is 5.56 Å². The molecule has 0 fully saturated rings. The second kappa shape index (κ2) is 12.8. The van der Waals surface area contributed by atoms with E-state index < -0.39 is 17.8 Å². The normalized spacial score (nSPS) is 14.6. The van der Waals surface area contributed by atoms with Crippen LogP contribution in [0.5, 0.6) is 5.75 Å². The van der Waals surface area contributed by atoms with Crippen LogP contribution in [0.3, 0.4) is 0 Å². The number of carbonyl (C=O) groups is 1. The molecule has 2 heterocycles. The summed E-state index contributed by atoms with van der Waals surface area (Å²) in [6, 6.07) is 29.1. The van der Waals surface area contributed by atoms with Crippen molar-refractivity contribution in [2.24, 2.45) is 4.99 Å². The van der Waals surface area contributed by atoms with Gasteiger partial charge in [-0.15, -0.1) is 0 Å². The molecule has 1 aliphatic rings. The fourth-order valence-corrected chi connectivity index (χ4v) is 6.22. The number of fused-ring (bicyclic) bond motifs is 1. The molecule has 44 heavy (non-hydrogen) atoms. The van der Waals surface area contributed by atoms with E-state index in [-0.39, 0.29) is 17.7 Å². The molecular formula is C35H26ClFN2O4S. The molecule has 1 atom stereocenters. The topological polar surface area (TPSA) is 69.9 Å². The molecule has 0 unspecified atom stereocenters. The van der Waals surface area contributed by atoms with Crippen LogP contribution in [0.25, 0.3) is 11.8 Å². The van der Waals surface area contributed by atoms with Gasteiger partial charge in [0.2, 0.25) is 0 Å². The summed E-state index contributed by atoms with van der Waals surface area (Å²) in [6.45, 7) is 2.23. The van der Waals surface area contributed by atoms with Gasteiger partial charge in [-0.05, 0) is 66.1 Å². The minimum Gasteiger partial charge on any atom is -0.489 e. The zero-order valence-electron chi connectivity index (χ0n) is 23.6. The van der Waals surface area contributed by atoms with Gasteiger partial charge in [0, 0.05) is 10.6 Å². The molecule has 9 heteroatoms. The van der Waals surface area contributed by atoms with Crippen molar-refractivity contribution in [3.8, 4) is 5.75 Å². The maximum Gasteiger partial charge on any atom is 0.338 e. The first kappa shape index (κ1) is 29.3. The van der Waals surface area contributed by atoms with Crippen molar-refractivity contribution in [3.63, 3.8) is 0 Å². The second-order valence-electron chi connectivity index (χ2n) is 9.97. The van der Waals surface area contributed by atoms with Gasteiger partial charge in [0.1, 0.15) is 18.2 Å². The number of hydrogen-bond donors (Lipinski definition) is 0. The largest absolute Gasteiger partial charge is 0.489 e. The Morgan fingerprint density at radius 3 is 2.45 bits per heavy atom. The van der Waals surface area contributed by atoms with Crippen molar-refractivity contribution in [2.45, 2.75) is 19.6 Å². The van der Waals surface area contributed by atoms with Gasteiger partial charge in [0.05, 0.1) is 28.5 Å². The second-order valence-corrected chi connectivity index (χ2v) is 11.4. The van der Waals surface area contributed by atoms with Crippen molar-refractivity contribution in [1.29, 1.82) is 0 Å². The number of ether oxygens (including phenoxy) is 2. The van der Waals surface area contributed by atoms with Gasteiger partial charge in [-0.1, -0.05) is 89.7 Å². The number of halogens is 2. The summed E-state index contributed by atoms with van der Waals surface area (Å²) >= 11 is 7.29. The Morgan fingerprint density at radius 2 is 1.75 bits per heavy atom. The summed E-state index contributed by atoms with van der Waals surface area (Å²) in [6.07, 6.45) is 1.78. The molecule has 1 aromatic heterocycles. The van der Waals surface area contributed by atoms with E-state index in [0.717, 1.165) is 11.1 Å². The van der Waals surface area contributed by atoms with E-state index in [1.54, 1.807) is 25.1 Å². The number of esters is 1. The van der Waals surface area contributed by atoms with Crippen molar-refractivity contribution in [3.05, 3.63) is 161 Å². The summed E-state index contributed by atoms with van der Waals surface area (Å²) < 4.78 is 27.2. The van der Waals surface area contributed by atoms with E-state index in [1.807, 2.05) is 78.9 Å². The predicted molar refractivity (Wildman–Crippen MR) is 170 cm³/mol. The third-order valence-electron chi connectivity index (χ3n) is 7.03. The standard InChI is InChI=1S/C35H26ClFN2O4S/c1-2-42-34(41)30-31(24-8-4-3-5-9-24)38-35-39(32(30)25-13-15-27(37)16-14-25)33(40)29(44-35)20-22-11-17-28(18-12-22)43-21-23-7-6-10-26(36)19-23/h3-20,32H,2,21H2,1H3/b29-20-/t32-/m1/s1. The minimum atomic E-state index is -0.870. The first-order valence-electron chi connectivity index (χ1n) is 13.9. The van der Waals surface area contributed by atoms with Crippen LogP contribution in [0.15, 0.2) is 118 Å². The number of aromatic nitrogens is 1. The minimum absolute atomic E-state index is 0.143. The van der Waals surface area contributed by atoms with Gasteiger partial charge in [-0.2, -0.15) is 0 Å². The maximum atomic E-state index is 14.0. The highest BCUT2D eigenvalue weighted by Crippen LogP contribution is 2.35. The third-order valence-corrected chi connectivity index (χ3v) is 8.25. The van der Waals surface area contributed by atoms with Crippen molar-refractivity contribution in [2.75, 3.05) is 6.61 Å². The number of rotatable bonds is 8. The van der Waals surface area contributed by atoms with Crippen LogP contribution in [0, 0.1) is 5.82 Å². The van der Waals surface area contributed by atoms with Crippen LogP contribution in [0.1, 0.15) is 35.2 Å². The molecule has 0 amide bonds. The molecule has 4 aromatic carbocycles. The average molecular weight is 625 g/mol. The van der Waals surface area contributed by atoms with E-state index in [2.05, 4.69) is 0 Å². The summed E-state index contributed by atoms with van der Waals surface area (Å²) in [5, 5.41) is 0.648. The van der Waals surface area contributed by atoms with Crippen molar-refractivity contribution < 1.29 is 18.7 Å². The summed E-state index contributed by atoms with van der Waals surface area (Å²) in [5.41, 5.74) is 3.31. The Labute approximate surface area is 261 Å². The molecule has 6 nitrogen and oxygen atoms in total. The molecule has 0 spiro atoms. The molecule has 1 aliphatic heterocycles. The van der Waals surface area contributed by atoms with Gasteiger partial charge >= 0.3 is 5.97 Å². The zero-order valence-corrected chi connectivity index (χ0v) is 25.1. The molecule has 6 rings (SSSR count). The maximum absolute atomic E-state index is 14.0. The highest BCUT2D eigenvalue weighted by atomic mass is 35.5. The van der Waals surface area contributed by atoms with Crippen LogP contribution in [-0.4, -0.2) is 17.1 Å². The van der Waals surface area contributed by atoms with E-state index in [9.17, 15) is 14.0 Å². The quantitative estimate of drug-likeness (QED) is 0.190. The lowest BCUT2D eigenvalue weighted by Crippen LogP contribution is -2.40. The Morgan fingerprint density at radius 1 is 1.00 bits per heavy atom. The lowest BCUT2D eigenvalue weighted by Gasteiger charge is -2.25. The number of nitrogens with zero attached hydrogens (tertiary/aromatic N) is 2. The molecule has 0 saturated heterocycles. The monoisotopic (exact) mass is 624 g/mol. The van der Waals surface area contributed by atoms with Crippen molar-refractivity contribution >= 4 is 40.7 Å². The van der Waals surface area contributed by atoms with Crippen LogP contribution < -0.4 is 19.6 Å². The SMILES string of the molecule is CCOC(=O)C1=C(c2ccccc2)N=c2s/c(=C\c3ccc(OCc4cccc(Cl)c4)cc3)c(=O)n2[C@@H]1c1ccc(F)cc1. The van der Waals surface area contributed by atoms with Crippen LogP contribution in [-0.2, 0) is 16.1 Å². The summed E-state index contributed by atoms with van der Waals surface area (Å²) in [7, 11) is 0. The van der Waals surface area contributed by atoms with Gasteiger partial charge in [-0.3, -0.25) is 9.36 Å². The molecule has 0 saturated carbocycles. The van der Waals surface area contributed by atoms with Crippen LogP contribution in [0.4, 0.5) is 4.39 Å². The van der Waals surface area contributed by atoms with Crippen molar-refractivity contribution in [1.82, 2.24) is 4.57 Å². The summed E-state index contributed by atoms with van der Waals surface area (Å²) in [5.74, 6) is -0.343. The van der Waals surface area contributed by atoms with E-state index in [1.165, 1.54) is 28.0 Å². The highest BCUT2D eigenvalue weighted by Gasteiger charge is 2.35. The molecule has 5 aromatic rings. The van der Waals surface area contributed by atoms with Crippen LogP contribution in [0.2, 0.25) is 5.02 Å². The third kappa shape index (κ3) is 6.13. The molecule has 0 bridgehead atoms. The lowest BCUT2D eigenvalue weighted by atomic mass is 9.93. The molecule has 0 radical (unpaired) electrons. The van der Waals surface area contributed by atoms with E-state index in [0.29, 0.717) is 43.5 Å². The Bertz CT molecular complexity index is 2040. The Balaban J connectivity index is 1.43. The smallest absolute Gasteiger partial charge is 0.338 e. The van der Waals surface area contributed by atoms with E-state index >= 15 is 0 Å². The fourth-order valence-electron chi connectivity index (χ4n) is 5.01. The van der Waals surface area contributed by atoms with Gasteiger partial charge in [-0.25, -0.2) is 14.2 Å². The Kier molecular flexibility index (Phi) is 8.54. The average Bonchev–Trinajstić information content (AvgIpc) is 3.35. The fraction of sp³-hybridized carbons (Fsp3) is 0.114. The van der Waals surface area contributed by atoms with Gasteiger partial charge < -0.3 is 9.47 Å². The molecule has 0 N–H and O–H groups in total. The van der Waals surface area contributed by atoms with Crippen LogP contribution >= 0.6 is 22.9 Å². The first-order chi connectivity index (χ1) is 21.4. The number of carbonyl (C=O) groups excluding carboxylic acids is 1. The van der Waals surface area contributed by atoms with Gasteiger partial charge in [0.15, 0.2) is 4.80 Å². The summed E-state index contributed by atoms with van der Waals surface area (Å²) in [4.78, 5) is 32.7. The number of hydrogen-bond acceptors (Lipinski definition) is 6. The first-order valence-corrected chi connectivity index (χ1v) is 15.1. The van der Waals surface area contributed by atoms with E-state index in [4.69, 9.17) is 26.1 Å². The molecule has 220 valence electrons. The molecular weight excluding hydrogens is 599 g/mol. The highest BCUT2D eigenvalue weighted by molar-refractivity contribution is 7.07.